The number of para-hydroxylation sites is 1. The lowest BCUT2D eigenvalue weighted by Gasteiger charge is -2.18. The molecule has 0 aliphatic rings. The molecule has 0 atom stereocenters. The van der Waals surface area contributed by atoms with Crippen LogP contribution in [0.15, 0.2) is 36.4 Å². The highest BCUT2D eigenvalue weighted by Gasteiger charge is 2.19. The van der Waals surface area contributed by atoms with E-state index in [1.54, 1.807) is 6.07 Å². The van der Waals surface area contributed by atoms with Gasteiger partial charge in [0, 0.05) is 12.6 Å². The van der Waals surface area contributed by atoms with Crippen LogP contribution in [0.3, 0.4) is 0 Å². The summed E-state index contributed by atoms with van der Waals surface area (Å²) in [4.78, 5) is 13.1. The Bertz CT molecular complexity index is 650. The molecule has 0 aromatic heterocycles. The number of hydrogen-bond donors (Lipinski definition) is 1. The molecule has 0 fully saturated rings. The topological polar surface area (TPSA) is 46.3 Å². The average Bonchev–Trinajstić information content (AvgIpc) is 2.43. The van der Waals surface area contributed by atoms with E-state index in [1.807, 2.05) is 0 Å². The van der Waals surface area contributed by atoms with E-state index < -0.39 is 29.0 Å². The number of nitrogen functional groups attached to an aromatic ring is 1. The number of benzene rings is 2. The summed E-state index contributed by atoms with van der Waals surface area (Å²) in [6.07, 6.45) is 0. The maximum absolute atomic E-state index is 13.6. The Kier molecular flexibility index (Phi) is 3.65. The SMILES string of the molecule is CN(C(=O)c1cc(F)c(N)c(F)c1)c1ccccc1F. The molecule has 20 heavy (non-hydrogen) atoms. The summed E-state index contributed by atoms with van der Waals surface area (Å²) in [6.45, 7) is 0. The van der Waals surface area contributed by atoms with Crippen LogP contribution in [0.2, 0.25) is 0 Å². The first kappa shape index (κ1) is 13.9. The fraction of sp³-hybridized carbons (Fsp3) is 0.0714. The number of halogens is 3. The fourth-order valence-corrected chi connectivity index (χ4v) is 1.73. The van der Waals surface area contributed by atoms with Gasteiger partial charge in [-0.3, -0.25) is 4.79 Å². The summed E-state index contributed by atoms with van der Waals surface area (Å²) >= 11 is 0. The third kappa shape index (κ3) is 2.45. The van der Waals surface area contributed by atoms with Crippen LogP contribution in [0, 0.1) is 17.5 Å². The number of anilines is 2. The highest BCUT2D eigenvalue weighted by atomic mass is 19.1. The molecule has 2 N–H and O–H groups in total. The van der Waals surface area contributed by atoms with Crippen molar-refractivity contribution in [3.05, 3.63) is 59.4 Å². The molecular formula is C14H11F3N2O. The zero-order chi connectivity index (χ0) is 14.9. The molecule has 0 spiro atoms. The minimum absolute atomic E-state index is 0.00939. The monoisotopic (exact) mass is 280 g/mol. The second kappa shape index (κ2) is 5.24. The van der Waals surface area contributed by atoms with Gasteiger partial charge in [-0.2, -0.15) is 0 Å². The second-order valence-corrected chi connectivity index (χ2v) is 4.17. The molecular weight excluding hydrogens is 269 g/mol. The molecule has 2 aromatic rings. The number of nitrogens with zero attached hydrogens (tertiary/aromatic N) is 1. The largest absolute Gasteiger partial charge is 0.394 e. The first-order chi connectivity index (χ1) is 9.41. The molecule has 2 rings (SSSR count). The Morgan fingerprint density at radius 2 is 1.60 bits per heavy atom. The van der Waals surface area contributed by atoms with Crippen molar-refractivity contribution in [1.82, 2.24) is 0 Å². The van der Waals surface area contributed by atoms with Crippen molar-refractivity contribution in [3.63, 3.8) is 0 Å². The summed E-state index contributed by atoms with van der Waals surface area (Å²) in [5.41, 5.74) is 4.23. The number of nitrogens with two attached hydrogens (primary N) is 1. The van der Waals surface area contributed by atoms with Crippen molar-refractivity contribution < 1.29 is 18.0 Å². The normalized spacial score (nSPS) is 10.4. The molecule has 3 nitrogen and oxygen atoms in total. The predicted molar refractivity (Wildman–Crippen MR) is 69.9 cm³/mol. The van der Waals surface area contributed by atoms with Crippen LogP contribution >= 0.6 is 0 Å². The quantitative estimate of drug-likeness (QED) is 0.860. The van der Waals surface area contributed by atoms with E-state index in [9.17, 15) is 18.0 Å². The average molecular weight is 280 g/mol. The molecule has 2 aromatic carbocycles. The molecule has 6 heteroatoms. The summed E-state index contributed by atoms with van der Waals surface area (Å²) in [5, 5.41) is 0. The molecule has 0 heterocycles. The van der Waals surface area contributed by atoms with Gasteiger partial charge in [0.15, 0.2) is 0 Å². The second-order valence-electron chi connectivity index (χ2n) is 4.17. The van der Waals surface area contributed by atoms with E-state index >= 15 is 0 Å². The lowest BCUT2D eigenvalue weighted by molar-refractivity contribution is 0.0991. The van der Waals surface area contributed by atoms with E-state index in [0.717, 1.165) is 17.0 Å². The summed E-state index contributed by atoms with van der Waals surface area (Å²) in [5.74, 6) is -3.42. The van der Waals surface area contributed by atoms with Crippen LogP contribution in [-0.4, -0.2) is 13.0 Å². The number of amides is 1. The van der Waals surface area contributed by atoms with Crippen molar-refractivity contribution in [3.8, 4) is 0 Å². The minimum atomic E-state index is -1.03. The summed E-state index contributed by atoms with van der Waals surface area (Å²) < 4.78 is 40.2. The van der Waals surface area contributed by atoms with Crippen LogP contribution in [0.25, 0.3) is 0 Å². The number of hydrogen-bond acceptors (Lipinski definition) is 2. The van der Waals surface area contributed by atoms with Gasteiger partial charge in [-0.1, -0.05) is 12.1 Å². The standard InChI is InChI=1S/C14H11F3N2O/c1-19(12-5-3-2-4-9(12)15)14(20)8-6-10(16)13(18)11(17)7-8/h2-7H,18H2,1H3. The summed E-state index contributed by atoms with van der Waals surface area (Å²) in [7, 11) is 1.31. The van der Waals surface area contributed by atoms with E-state index in [2.05, 4.69) is 0 Å². The Morgan fingerprint density at radius 3 is 2.15 bits per heavy atom. The van der Waals surface area contributed by atoms with Gasteiger partial charge in [0.25, 0.3) is 5.91 Å². The highest BCUT2D eigenvalue weighted by Crippen LogP contribution is 2.22. The van der Waals surface area contributed by atoms with E-state index in [0.29, 0.717) is 0 Å². The van der Waals surface area contributed by atoms with Crippen molar-refractivity contribution in [2.45, 2.75) is 0 Å². The molecule has 0 bridgehead atoms. The Balaban J connectivity index is 2.39. The first-order valence-electron chi connectivity index (χ1n) is 5.69. The minimum Gasteiger partial charge on any atom is -0.394 e. The number of carbonyl (C=O) groups excluding carboxylic acids is 1. The van der Waals surface area contributed by atoms with Crippen LogP contribution in [0.4, 0.5) is 24.5 Å². The highest BCUT2D eigenvalue weighted by molar-refractivity contribution is 6.06. The van der Waals surface area contributed by atoms with E-state index in [4.69, 9.17) is 5.73 Å². The van der Waals surface area contributed by atoms with Crippen LogP contribution in [0.1, 0.15) is 10.4 Å². The van der Waals surface area contributed by atoms with Gasteiger partial charge in [-0.15, -0.1) is 0 Å². The van der Waals surface area contributed by atoms with Gasteiger partial charge in [0.2, 0.25) is 0 Å². The third-order valence-electron chi connectivity index (χ3n) is 2.84. The van der Waals surface area contributed by atoms with Crippen molar-refractivity contribution in [2.24, 2.45) is 0 Å². The van der Waals surface area contributed by atoms with Gasteiger partial charge in [0.1, 0.15) is 23.1 Å². The zero-order valence-electron chi connectivity index (χ0n) is 10.5. The zero-order valence-corrected chi connectivity index (χ0v) is 10.5. The van der Waals surface area contributed by atoms with Gasteiger partial charge < -0.3 is 10.6 Å². The first-order valence-corrected chi connectivity index (χ1v) is 5.69. The van der Waals surface area contributed by atoms with Crippen LogP contribution in [0.5, 0.6) is 0 Å². The van der Waals surface area contributed by atoms with Gasteiger partial charge in [-0.05, 0) is 24.3 Å². The molecule has 0 unspecified atom stereocenters. The maximum atomic E-state index is 13.6. The van der Waals surface area contributed by atoms with Gasteiger partial charge >= 0.3 is 0 Å². The molecule has 0 saturated heterocycles. The van der Waals surface area contributed by atoms with Crippen molar-refractivity contribution >= 4 is 17.3 Å². The van der Waals surface area contributed by atoms with E-state index in [-0.39, 0.29) is 11.3 Å². The molecule has 0 aliphatic heterocycles. The number of rotatable bonds is 2. The van der Waals surface area contributed by atoms with Gasteiger partial charge in [-0.25, -0.2) is 13.2 Å². The van der Waals surface area contributed by atoms with Gasteiger partial charge in [0.05, 0.1) is 5.69 Å². The molecule has 0 saturated carbocycles. The van der Waals surface area contributed by atoms with Crippen molar-refractivity contribution in [2.75, 3.05) is 17.7 Å². The van der Waals surface area contributed by atoms with Crippen molar-refractivity contribution in [1.29, 1.82) is 0 Å². The maximum Gasteiger partial charge on any atom is 0.258 e. The summed E-state index contributed by atoms with van der Waals surface area (Å²) in [6, 6.07) is 7.22. The molecule has 0 radical (unpaired) electrons. The lowest BCUT2D eigenvalue weighted by Crippen LogP contribution is -2.27. The lowest BCUT2D eigenvalue weighted by atomic mass is 10.1. The molecule has 0 aliphatic carbocycles. The smallest absolute Gasteiger partial charge is 0.258 e. The van der Waals surface area contributed by atoms with Crippen LogP contribution < -0.4 is 10.6 Å². The Morgan fingerprint density at radius 1 is 1.05 bits per heavy atom. The molecule has 104 valence electrons. The number of carbonyl (C=O) groups is 1. The third-order valence-corrected chi connectivity index (χ3v) is 2.84. The molecule has 1 amide bonds. The Labute approximate surface area is 113 Å². The fourth-order valence-electron chi connectivity index (χ4n) is 1.73. The predicted octanol–water partition coefficient (Wildman–Crippen LogP) is 2.96. The van der Waals surface area contributed by atoms with E-state index in [1.165, 1.54) is 25.2 Å². The Hall–Kier alpha value is -2.50. The van der Waals surface area contributed by atoms with Crippen LogP contribution in [-0.2, 0) is 0 Å².